The van der Waals surface area contributed by atoms with Gasteiger partial charge in [0.1, 0.15) is 11.6 Å². The third-order valence-corrected chi connectivity index (χ3v) is 4.26. The number of ether oxygens (including phenoxy) is 1. The van der Waals surface area contributed by atoms with Gasteiger partial charge in [0.25, 0.3) is 11.8 Å². The van der Waals surface area contributed by atoms with E-state index in [1.807, 2.05) is 36.4 Å². The van der Waals surface area contributed by atoms with Gasteiger partial charge in [-0.2, -0.15) is 0 Å². The highest BCUT2D eigenvalue weighted by Gasteiger charge is 2.16. The van der Waals surface area contributed by atoms with Crippen LogP contribution in [0.4, 0.5) is 10.1 Å². The highest BCUT2D eigenvalue weighted by atomic mass is 19.1. The van der Waals surface area contributed by atoms with Gasteiger partial charge in [-0.3, -0.25) is 9.59 Å². The fraction of sp³-hybridized carbons (Fsp3) is 0.0435. The van der Waals surface area contributed by atoms with Gasteiger partial charge in [0.2, 0.25) is 0 Å². The van der Waals surface area contributed by atoms with Crippen LogP contribution in [0.5, 0.6) is 5.75 Å². The third-order valence-electron chi connectivity index (χ3n) is 4.26. The van der Waals surface area contributed by atoms with Gasteiger partial charge >= 0.3 is 0 Å². The molecule has 5 nitrogen and oxygen atoms in total. The first kappa shape index (κ1) is 19.8. The molecule has 0 saturated carbocycles. The minimum atomic E-state index is -0.911. The number of amides is 2. The van der Waals surface area contributed by atoms with Crippen molar-refractivity contribution in [2.24, 2.45) is 5.73 Å². The molecule has 0 saturated heterocycles. The summed E-state index contributed by atoms with van der Waals surface area (Å²) in [6.45, 7) is 0. The van der Waals surface area contributed by atoms with Crippen LogP contribution >= 0.6 is 0 Å². The molecule has 0 aromatic heterocycles. The normalized spacial score (nSPS) is 11.0. The van der Waals surface area contributed by atoms with Crippen molar-refractivity contribution < 1.29 is 18.7 Å². The van der Waals surface area contributed by atoms with Crippen molar-refractivity contribution in [1.82, 2.24) is 0 Å². The fourth-order valence-corrected chi connectivity index (χ4v) is 2.83. The van der Waals surface area contributed by atoms with E-state index in [0.29, 0.717) is 16.9 Å². The number of nitrogens with two attached hydrogens (primary N) is 1. The Balaban J connectivity index is 2.01. The lowest BCUT2D eigenvalue weighted by molar-refractivity contribution is -0.111. The summed E-state index contributed by atoms with van der Waals surface area (Å²) in [4.78, 5) is 24.4. The predicted octanol–water partition coefficient (Wildman–Crippen LogP) is 4.11. The molecule has 29 heavy (non-hydrogen) atoms. The van der Waals surface area contributed by atoms with Crippen LogP contribution in [0.15, 0.2) is 72.8 Å². The standard InChI is InChI=1S/C23H19FN2O3/c1-29-21-10-6-5-9-16(21)13-18(15-7-3-2-4-8-15)23(28)26-17-11-12-20(24)19(14-17)22(25)27/h2-14H,1H3,(H2,25,27)(H,26,28)/b18-13+. The van der Waals surface area contributed by atoms with Crippen LogP contribution in [0.3, 0.4) is 0 Å². The molecule has 0 aliphatic carbocycles. The number of halogens is 1. The largest absolute Gasteiger partial charge is 0.496 e. The molecule has 0 bridgehead atoms. The highest BCUT2D eigenvalue weighted by Crippen LogP contribution is 2.26. The summed E-state index contributed by atoms with van der Waals surface area (Å²) in [5, 5.41) is 2.70. The molecule has 6 heteroatoms. The molecule has 3 rings (SSSR count). The Bertz CT molecular complexity index is 1080. The van der Waals surface area contributed by atoms with Gasteiger partial charge in [-0.15, -0.1) is 0 Å². The number of benzene rings is 3. The quantitative estimate of drug-likeness (QED) is 0.491. The molecule has 0 spiro atoms. The van der Waals surface area contributed by atoms with E-state index in [4.69, 9.17) is 10.5 Å². The van der Waals surface area contributed by atoms with Gasteiger partial charge in [0.05, 0.1) is 12.7 Å². The van der Waals surface area contributed by atoms with E-state index in [9.17, 15) is 14.0 Å². The van der Waals surface area contributed by atoms with Crippen LogP contribution < -0.4 is 15.8 Å². The summed E-state index contributed by atoms with van der Waals surface area (Å²) in [6, 6.07) is 20.1. The zero-order valence-electron chi connectivity index (χ0n) is 15.7. The van der Waals surface area contributed by atoms with Gasteiger partial charge in [-0.05, 0) is 35.9 Å². The van der Waals surface area contributed by atoms with E-state index in [1.54, 1.807) is 31.4 Å². The third kappa shape index (κ3) is 4.68. The first-order valence-electron chi connectivity index (χ1n) is 8.80. The van der Waals surface area contributed by atoms with Crippen molar-refractivity contribution >= 4 is 29.2 Å². The molecule has 0 aliphatic rings. The van der Waals surface area contributed by atoms with Crippen molar-refractivity contribution in [2.45, 2.75) is 0 Å². The maximum Gasteiger partial charge on any atom is 0.256 e. The monoisotopic (exact) mass is 390 g/mol. The number of primary amides is 1. The number of methoxy groups -OCH3 is 1. The van der Waals surface area contributed by atoms with Crippen molar-refractivity contribution in [3.8, 4) is 5.75 Å². The van der Waals surface area contributed by atoms with Crippen LogP contribution in [-0.2, 0) is 4.79 Å². The molecule has 2 amide bonds. The van der Waals surface area contributed by atoms with Crippen LogP contribution in [0.2, 0.25) is 0 Å². The first-order valence-corrected chi connectivity index (χ1v) is 8.80. The molecule has 0 heterocycles. The van der Waals surface area contributed by atoms with Crippen molar-refractivity contribution in [3.63, 3.8) is 0 Å². The zero-order chi connectivity index (χ0) is 20.8. The van der Waals surface area contributed by atoms with E-state index < -0.39 is 17.6 Å². The second-order valence-electron chi connectivity index (χ2n) is 6.18. The van der Waals surface area contributed by atoms with Crippen molar-refractivity contribution in [3.05, 3.63) is 95.3 Å². The minimum Gasteiger partial charge on any atom is -0.496 e. The lowest BCUT2D eigenvalue weighted by Gasteiger charge is -2.12. The summed E-state index contributed by atoms with van der Waals surface area (Å²) in [5.74, 6) is -1.47. The lowest BCUT2D eigenvalue weighted by Crippen LogP contribution is -2.16. The van der Waals surface area contributed by atoms with E-state index in [2.05, 4.69) is 5.32 Å². The number of nitrogens with one attached hydrogen (secondary N) is 1. The second-order valence-corrected chi connectivity index (χ2v) is 6.18. The Morgan fingerprint density at radius 3 is 2.38 bits per heavy atom. The predicted molar refractivity (Wildman–Crippen MR) is 111 cm³/mol. The van der Waals surface area contributed by atoms with E-state index in [0.717, 1.165) is 11.6 Å². The van der Waals surface area contributed by atoms with Crippen LogP contribution in [0, 0.1) is 5.82 Å². The number of carbonyl (C=O) groups excluding carboxylic acids is 2. The van der Waals surface area contributed by atoms with E-state index in [-0.39, 0.29) is 11.3 Å². The van der Waals surface area contributed by atoms with Crippen LogP contribution in [0.1, 0.15) is 21.5 Å². The number of rotatable bonds is 6. The number of hydrogen-bond acceptors (Lipinski definition) is 3. The Morgan fingerprint density at radius 1 is 1.00 bits per heavy atom. The Labute approximate surface area is 167 Å². The van der Waals surface area contributed by atoms with Crippen molar-refractivity contribution in [1.29, 1.82) is 0 Å². The zero-order valence-corrected chi connectivity index (χ0v) is 15.7. The summed E-state index contributed by atoms with van der Waals surface area (Å²) in [7, 11) is 1.55. The second kappa shape index (κ2) is 8.84. The van der Waals surface area contributed by atoms with Crippen LogP contribution in [0.25, 0.3) is 11.6 Å². The molecule has 0 fully saturated rings. The summed E-state index contributed by atoms with van der Waals surface area (Å²) >= 11 is 0. The molecular weight excluding hydrogens is 371 g/mol. The molecule has 0 radical (unpaired) electrons. The maximum absolute atomic E-state index is 13.7. The highest BCUT2D eigenvalue weighted by molar-refractivity contribution is 6.29. The van der Waals surface area contributed by atoms with Gasteiger partial charge in [-0.1, -0.05) is 48.5 Å². The molecule has 146 valence electrons. The number of carbonyl (C=O) groups is 2. The average molecular weight is 390 g/mol. The molecular formula is C23H19FN2O3. The number of anilines is 1. The first-order chi connectivity index (χ1) is 14.0. The van der Waals surface area contributed by atoms with Crippen molar-refractivity contribution in [2.75, 3.05) is 12.4 Å². The molecule has 0 aliphatic heterocycles. The SMILES string of the molecule is COc1ccccc1/C=C(/C(=O)Nc1ccc(F)c(C(N)=O)c1)c1ccccc1. The van der Waals surface area contributed by atoms with Crippen LogP contribution in [-0.4, -0.2) is 18.9 Å². The van der Waals surface area contributed by atoms with Gasteiger partial charge in [0.15, 0.2) is 0 Å². The Kier molecular flexibility index (Phi) is 6.04. The van der Waals surface area contributed by atoms with Gasteiger partial charge in [0, 0.05) is 16.8 Å². The average Bonchev–Trinajstić information content (AvgIpc) is 2.74. The van der Waals surface area contributed by atoms with Gasteiger partial charge in [-0.25, -0.2) is 4.39 Å². The summed E-state index contributed by atoms with van der Waals surface area (Å²) < 4.78 is 19.1. The molecule has 3 aromatic rings. The van der Waals surface area contributed by atoms with E-state index in [1.165, 1.54) is 12.1 Å². The summed E-state index contributed by atoms with van der Waals surface area (Å²) in [6.07, 6.45) is 1.71. The Morgan fingerprint density at radius 2 is 1.69 bits per heavy atom. The molecule has 3 N–H and O–H groups in total. The number of para-hydroxylation sites is 1. The Hall–Kier alpha value is -3.93. The van der Waals surface area contributed by atoms with E-state index >= 15 is 0 Å². The lowest BCUT2D eigenvalue weighted by atomic mass is 10.0. The maximum atomic E-state index is 13.7. The summed E-state index contributed by atoms with van der Waals surface area (Å²) in [5.41, 5.74) is 6.93. The smallest absolute Gasteiger partial charge is 0.256 e. The fourth-order valence-electron chi connectivity index (χ4n) is 2.83. The topological polar surface area (TPSA) is 81.4 Å². The molecule has 0 atom stereocenters. The van der Waals surface area contributed by atoms with Gasteiger partial charge < -0.3 is 15.8 Å². The minimum absolute atomic E-state index is 0.257. The molecule has 3 aromatic carbocycles. The molecule has 0 unspecified atom stereocenters. The number of hydrogen-bond donors (Lipinski definition) is 2.